The first-order chi connectivity index (χ1) is 9.51. The second-order valence-electron chi connectivity index (χ2n) is 5.59. The minimum absolute atomic E-state index is 0. The van der Waals surface area contributed by atoms with Crippen LogP contribution in [0.1, 0.15) is 25.8 Å². The van der Waals surface area contributed by atoms with Crippen molar-refractivity contribution in [3.05, 3.63) is 29.8 Å². The quantitative estimate of drug-likeness (QED) is 0.725. The van der Waals surface area contributed by atoms with E-state index in [1.807, 2.05) is 45.2 Å². The number of hydrogen-bond donors (Lipinski definition) is 2. The molecule has 0 aliphatic rings. The summed E-state index contributed by atoms with van der Waals surface area (Å²) in [5.41, 5.74) is 0.610. The van der Waals surface area contributed by atoms with Crippen LogP contribution in [0.15, 0.2) is 24.3 Å². The standard InChI is InChI=1S/C16H26N2O2.ClH/c1-16(2,15(19)18-11-7-10-17-3)12-13-8-5-6-9-14(13)20-4;/h5-6,8-9,17H,7,10-12H2,1-4H3,(H,18,19);1H. The fourth-order valence-corrected chi connectivity index (χ4v) is 2.11. The van der Waals surface area contributed by atoms with Crippen LogP contribution in [0.25, 0.3) is 0 Å². The number of benzene rings is 1. The Kier molecular flexibility index (Phi) is 9.06. The number of halogens is 1. The minimum atomic E-state index is -0.450. The van der Waals surface area contributed by atoms with Crippen LogP contribution in [0.5, 0.6) is 5.75 Å². The Hall–Kier alpha value is -1.26. The van der Waals surface area contributed by atoms with Crippen molar-refractivity contribution < 1.29 is 9.53 Å². The monoisotopic (exact) mass is 314 g/mol. The summed E-state index contributed by atoms with van der Waals surface area (Å²) in [5.74, 6) is 0.920. The second-order valence-corrected chi connectivity index (χ2v) is 5.59. The zero-order valence-electron chi connectivity index (χ0n) is 13.4. The van der Waals surface area contributed by atoms with Gasteiger partial charge in [0.1, 0.15) is 5.75 Å². The first kappa shape index (κ1) is 19.7. The van der Waals surface area contributed by atoms with Gasteiger partial charge in [-0.3, -0.25) is 4.79 Å². The largest absolute Gasteiger partial charge is 0.496 e. The molecule has 0 aliphatic heterocycles. The minimum Gasteiger partial charge on any atom is -0.496 e. The van der Waals surface area contributed by atoms with E-state index in [2.05, 4.69) is 10.6 Å². The molecule has 0 saturated carbocycles. The van der Waals surface area contributed by atoms with Gasteiger partial charge in [-0.05, 0) is 38.1 Å². The lowest BCUT2D eigenvalue weighted by atomic mass is 9.84. The summed E-state index contributed by atoms with van der Waals surface area (Å²) >= 11 is 0. The molecule has 0 fully saturated rings. The molecule has 0 saturated heterocycles. The maximum absolute atomic E-state index is 12.3. The van der Waals surface area contributed by atoms with E-state index in [-0.39, 0.29) is 18.3 Å². The molecule has 1 amide bonds. The predicted octanol–water partition coefficient (Wildman–Crippen LogP) is 2.41. The predicted molar refractivity (Wildman–Crippen MR) is 89.3 cm³/mol. The number of carbonyl (C=O) groups is 1. The van der Waals surface area contributed by atoms with Crippen molar-refractivity contribution in [2.24, 2.45) is 5.41 Å². The maximum atomic E-state index is 12.3. The Labute approximate surface area is 134 Å². The Morgan fingerprint density at radius 2 is 1.90 bits per heavy atom. The fourth-order valence-electron chi connectivity index (χ4n) is 2.11. The van der Waals surface area contributed by atoms with Gasteiger partial charge in [0, 0.05) is 12.0 Å². The molecule has 1 rings (SSSR count). The molecule has 0 heterocycles. The van der Waals surface area contributed by atoms with Gasteiger partial charge in [-0.1, -0.05) is 32.0 Å². The highest BCUT2D eigenvalue weighted by Gasteiger charge is 2.28. The van der Waals surface area contributed by atoms with E-state index in [1.165, 1.54) is 0 Å². The second kappa shape index (κ2) is 9.64. The summed E-state index contributed by atoms with van der Waals surface area (Å²) in [4.78, 5) is 12.3. The van der Waals surface area contributed by atoms with Crippen LogP contribution in [-0.4, -0.2) is 33.2 Å². The molecule has 1 aromatic carbocycles. The molecule has 0 aliphatic carbocycles. The Bertz CT molecular complexity index is 436. The number of rotatable bonds is 8. The smallest absolute Gasteiger partial charge is 0.225 e. The molecule has 21 heavy (non-hydrogen) atoms. The van der Waals surface area contributed by atoms with Crippen LogP contribution in [0.2, 0.25) is 0 Å². The van der Waals surface area contributed by atoms with Crippen molar-refractivity contribution in [3.63, 3.8) is 0 Å². The fraction of sp³-hybridized carbons (Fsp3) is 0.562. The summed E-state index contributed by atoms with van der Waals surface area (Å²) in [7, 11) is 3.57. The van der Waals surface area contributed by atoms with Gasteiger partial charge in [0.2, 0.25) is 5.91 Å². The average Bonchev–Trinajstić information content (AvgIpc) is 2.43. The highest BCUT2D eigenvalue weighted by molar-refractivity contribution is 5.85. The number of para-hydroxylation sites is 1. The first-order valence-electron chi connectivity index (χ1n) is 7.06. The van der Waals surface area contributed by atoms with E-state index >= 15 is 0 Å². The van der Waals surface area contributed by atoms with Gasteiger partial charge in [0.05, 0.1) is 7.11 Å². The van der Waals surface area contributed by atoms with E-state index in [1.54, 1.807) is 7.11 Å². The van der Waals surface area contributed by atoms with Crippen molar-refractivity contribution in [2.45, 2.75) is 26.7 Å². The molecule has 2 N–H and O–H groups in total. The molecule has 1 aromatic rings. The van der Waals surface area contributed by atoms with Crippen LogP contribution in [0.3, 0.4) is 0 Å². The van der Waals surface area contributed by atoms with Gasteiger partial charge in [-0.25, -0.2) is 0 Å². The normalized spacial score (nSPS) is 10.7. The van der Waals surface area contributed by atoms with E-state index < -0.39 is 5.41 Å². The zero-order valence-corrected chi connectivity index (χ0v) is 14.2. The summed E-state index contributed by atoms with van der Waals surface area (Å²) in [6, 6.07) is 7.84. The zero-order chi connectivity index (χ0) is 15.0. The van der Waals surface area contributed by atoms with E-state index in [4.69, 9.17) is 4.74 Å². The molecular formula is C16H27ClN2O2. The van der Waals surface area contributed by atoms with Gasteiger partial charge in [0.25, 0.3) is 0 Å². The van der Waals surface area contributed by atoms with Crippen LogP contribution in [0.4, 0.5) is 0 Å². The van der Waals surface area contributed by atoms with Gasteiger partial charge >= 0.3 is 0 Å². The van der Waals surface area contributed by atoms with E-state index in [0.29, 0.717) is 13.0 Å². The van der Waals surface area contributed by atoms with Crippen LogP contribution in [0, 0.1) is 5.41 Å². The van der Waals surface area contributed by atoms with Crippen molar-refractivity contribution in [1.82, 2.24) is 10.6 Å². The molecule has 120 valence electrons. The van der Waals surface area contributed by atoms with Gasteiger partial charge < -0.3 is 15.4 Å². The van der Waals surface area contributed by atoms with Gasteiger partial charge in [-0.15, -0.1) is 12.4 Å². The number of carbonyl (C=O) groups excluding carboxylic acids is 1. The molecule has 5 heteroatoms. The lowest BCUT2D eigenvalue weighted by Crippen LogP contribution is -2.39. The lowest BCUT2D eigenvalue weighted by Gasteiger charge is -2.24. The van der Waals surface area contributed by atoms with Crippen molar-refractivity contribution >= 4 is 18.3 Å². The van der Waals surface area contributed by atoms with Gasteiger partial charge in [0.15, 0.2) is 0 Å². The number of ether oxygens (including phenoxy) is 1. The average molecular weight is 315 g/mol. The molecule has 0 aromatic heterocycles. The van der Waals surface area contributed by atoms with Crippen molar-refractivity contribution in [2.75, 3.05) is 27.2 Å². The molecule has 0 spiro atoms. The number of amides is 1. The first-order valence-corrected chi connectivity index (χ1v) is 7.06. The van der Waals surface area contributed by atoms with Crippen LogP contribution in [-0.2, 0) is 11.2 Å². The topological polar surface area (TPSA) is 50.4 Å². The van der Waals surface area contributed by atoms with Crippen molar-refractivity contribution in [3.8, 4) is 5.75 Å². The molecule has 0 atom stereocenters. The lowest BCUT2D eigenvalue weighted by molar-refractivity contribution is -0.129. The molecule has 0 unspecified atom stereocenters. The molecule has 0 bridgehead atoms. The third-order valence-electron chi connectivity index (χ3n) is 3.33. The Morgan fingerprint density at radius 3 is 2.52 bits per heavy atom. The molecular weight excluding hydrogens is 288 g/mol. The summed E-state index contributed by atoms with van der Waals surface area (Å²) in [6.45, 7) is 5.54. The van der Waals surface area contributed by atoms with E-state index in [0.717, 1.165) is 24.3 Å². The maximum Gasteiger partial charge on any atom is 0.225 e. The van der Waals surface area contributed by atoms with E-state index in [9.17, 15) is 4.79 Å². The molecule has 4 nitrogen and oxygen atoms in total. The Morgan fingerprint density at radius 1 is 1.24 bits per heavy atom. The summed E-state index contributed by atoms with van der Waals surface area (Å²) in [5, 5.41) is 6.06. The number of methoxy groups -OCH3 is 1. The van der Waals surface area contributed by atoms with Crippen LogP contribution >= 0.6 is 12.4 Å². The highest BCUT2D eigenvalue weighted by atomic mass is 35.5. The third kappa shape index (κ3) is 6.36. The Balaban J connectivity index is 0.00000400. The number of nitrogens with one attached hydrogen (secondary N) is 2. The van der Waals surface area contributed by atoms with Crippen LogP contribution < -0.4 is 15.4 Å². The molecule has 0 radical (unpaired) electrons. The highest BCUT2D eigenvalue weighted by Crippen LogP contribution is 2.27. The SMILES string of the molecule is CNCCCNC(=O)C(C)(C)Cc1ccccc1OC.Cl. The third-order valence-corrected chi connectivity index (χ3v) is 3.33. The van der Waals surface area contributed by atoms with Gasteiger partial charge in [-0.2, -0.15) is 0 Å². The van der Waals surface area contributed by atoms with Crippen molar-refractivity contribution in [1.29, 1.82) is 0 Å². The summed E-state index contributed by atoms with van der Waals surface area (Å²) < 4.78 is 5.34. The summed E-state index contributed by atoms with van der Waals surface area (Å²) in [6.07, 6.45) is 1.60. The number of hydrogen-bond acceptors (Lipinski definition) is 3.